The number of benzene rings is 3. The smallest absolute Gasteiger partial charge is 0.127 e. The second kappa shape index (κ2) is 8.74. The van der Waals surface area contributed by atoms with Gasteiger partial charge in [0.25, 0.3) is 0 Å². The van der Waals surface area contributed by atoms with Crippen LogP contribution in [0.1, 0.15) is 11.6 Å². The third kappa shape index (κ3) is 4.32. The minimum absolute atomic E-state index is 0.0594. The maximum absolute atomic E-state index is 9.80. The zero-order valence-corrected chi connectivity index (χ0v) is 16.8. The first-order valence-electron chi connectivity index (χ1n) is 9.34. The molecule has 0 spiro atoms. The van der Waals surface area contributed by atoms with Crippen LogP contribution in [0.2, 0.25) is 5.02 Å². The lowest BCUT2D eigenvalue weighted by Gasteiger charge is -2.27. The maximum atomic E-state index is 9.80. The molecule has 0 aromatic heterocycles. The summed E-state index contributed by atoms with van der Waals surface area (Å²) < 4.78 is 17.1. The van der Waals surface area contributed by atoms with Crippen LogP contribution in [0.5, 0.6) is 17.2 Å². The van der Waals surface area contributed by atoms with Crippen molar-refractivity contribution in [1.82, 2.24) is 0 Å². The van der Waals surface area contributed by atoms with Crippen molar-refractivity contribution in [1.29, 1.82) is 0 Å². The molecule has 1 aliphatic heterocycles. The van der Waals surface area contributed by atoms with Crippen LogP contribution in [0, 0.1) is 0 Å². The van der Waals surface area contributed by atoms with E-state index in [9.17, 15) is 5.11 Å². The number of hydrogen-bond acceptors (Lipinski definition) is 5. The largest absolute Gasteiger partial charge is 0.497 e. The Hall–Kier alpha value is -2.73. The van der Waals surface area contributed by atoms with Gasteiger partial charge in [-0.15, -0.1) is 0 Å². The second-order valence-electron chi connectivity index (χ2n) is 6.76. The standard InChI is InChI=1S/C23H22ClNO4/c1-27-21-4-2-3-16(13-21)23-22(14-26)28-15-25(23)18-7-11-20(12-8-18)29-19-9-5-17(24)6-10-19/h2-13,22-23,26H,14-15H2,1H3/t22-,23-/m0/s1. The van der Waals surface area contributed by atoms with Gasteiger partial charge in [-0.2, -0.15) is 0 Å². The van der Waals surface area contributed by atoms with Crippen LogP contribution in [0.4, 0.5) is 5.69 Å². The van der Waals surface area contributed by atoms with Crippen LogP contribution in [0.3, 0.4) is 0 Å². The minimum Gasteiger partial charge on any atom is -0.497 e. The summed E-state index contributed by atoms with van der Waals surface area (Å²) in [5, 5.41) is 10.5. The van der Waals surface area contributed by atoms with Gasteiger partial charge >= 0.3 is 0 Å². The molecule has 29 heavy (non-hydrogen) atoms. The van der Waals surface area contributed by atoms with Gasteiger partial charge < -0.3 is 24.2 Å². The molecule has 0 radical (unpaired) electrons. The van der Waals surface area contributed by atoms with Gasteiger partial charge in [0.05, 0.1) is 19.8 Å². The summed E-state index contributed by atoms with van der Waals surface area (Å²) >= 11 is 5.92. The summed E-state index contributed by atoms with van der Waals surface area (Å²) in [6.07, 6.45) is -0.313. The first-order valence-corrected chi connectivity index (χ1v) is 9.72. The molecule has 1 heterocycles. The summed E-state index contributed by atoms with van der Waals surface area (Å²) in [6, 6.07) is 22.8. The Balaban J connectivity index is 1.56. The third-order valence-electron chi connectivity index (χ3n) is 4.95. The van der Waals surface area contributed by atoms with Crippen molar-refractivity contribution >= 4 is 17.3 Å². The fourth-order valence-electron chi connectivity index (χ4n) is 3.50. The first kappa shape index (κ1) is 19.6. The lowest BCUT2D eigenvalue weighted by molar-refractivity contribution is 0.0520. The van der Waals surface area contributed by atoms with Crippen LogP contribution in [-0.2, 0) is 4.74 Å². The van der Waals surface area contributed by atoms with E-state index in [1.54, 1.807) is 19.2 Å². The molecular weight excluding hydrogens is 390 g/mol. The Bertz CT molecular complexity index is 946. The van der Waals surface area contributed by atoms with E-state index < -0.39 is 0 Å². The van der Waals surface area contributed by atoms with Gasteiger partial charge in [-0.05, 0) is 66.2 Å². The zero-order chi connectivity index (χ0) is 20.2. The van der Waals surface area contributed by atoms with Crippen molar-refractivity contribution in [3.8, 4) is 17.2 Å². The molecule has 1 fully saturated rings. The molecule has 5 nitrogen and oxygen atoms in total. The number of hydrogen-bond donors (Lipinski definition) is 1. The van der Waals surface area contributed by atoms with Crippen molar-refractivity contribution in [2.24, 2.45) is 0 Å². The van der Waals surface area contributed by atoms with E-state index in [1.807, 2.05) is 60.7 Å². The fraction of sp³-hybridized carbons (Fsp3) is 0.217. The summed E-state index contributed by atoms with van der Waals surface area (Å²) in [4.78, 5) is 2.13. The van der Waals surface area contributed by atoms with Crippen LogP contribution in [0.15, 0.2) is 72.8 Å². The Labute approximate surface area is 175 Å². The van der Waals surface area contributed by atoms with Crippen molar-refractivity contribution in [3.05, 3.63) is 83.4 Å². The van der Waals surface area contributed by atoms with Gasteiger partial charge in [0.1, 0.15) is 30.1 Å². The highest BCUT2D eigenvalue weighted by atomic mass is 35.5. The molecule has 0 bridgehead atoms. The van der Waals surface area contributed by atoms with E-state index in [4.69, 9.17) is 25.8 Å². The highest BCUT2D eigenvalue weighted by Gasteiger charge is 2.36. The Kier molecular flexibility index (Phi) is 5.90. The molecule has 0 saturated carbocycles. The monoisotopic (exact) mass is 411 g/mol. The van der Waals surface area contributed by atoms with Crippen LogP contribution >= 0.6 is 11.6 Å². The van der Waals surface area contributed by atoms with Crippen molar-refractivity contribution in [2.75, 3.05) is 25.3 Å². The van der Waals surface area contributed by atoms with E-state index in [2.05, 4.69) is 4.90 Å². The highest BCUT2D eigenvalue weighted by Crippen LogP contribution is 2.38. The maximum Gasteiger partial charge on any atom is 0.127 e. The number of anilines is 1. The molecule has 3 aromatic carbocycles. The zero-order valence-electron chi connectivity index (χ0n) is 16.0. The lowest BCUT2D eigenvalue weighted by Crippen LogP contribution is -2.29. The number of aliphatic hydroxyl groups is 1. The molecule has 6 heteroatoms. The molecule has 0 aliphatic carbocycles. The average molecular weight is 412 g/mol. The Morgan fingerprint density at radius 2 is 1.69 bits per heavy atom. The van der Waals surface area contributed by atoms with E-state index in [0.29, 0.717) is 11.8 Å². The lowest BCUT2D eigenvalue weighted by atomic mass is 10.00. The normalized spacial score (nSPS) is 18.7. The number of rotatable bonds is 6. The van der Waals surface area contributed by atoms with Crippen LogP contribution in [0.25, 0.3) is 0 Å². The number of nitrogens with zero attached hydrogens (tertiary/aromatic N) is 1. The van der Waals surface area contributed by atoms with Gasteiger partial charge in [-0.1, -0.05) is 23.7 Å². The molecule has 0 amide bonds. The van der Waals surface area contributed by atoms with Crippen molar-refractivity contribution < 1.29 is 19.3 Å². The van der Waals surface area contributed by atoms with E-state index in [1.165, 1.54) is 0 Å². The number of methoxy groups -OCH3 is 1. The Morgan fingerprint density at radius 1 is 1.00 bits per heavy atom. The predicted molar refractivity (Wildman–Crippen MR) is 113 cm³/mol. The van der Waals surface area contributed by atoms with E-state index in [0.717, 1.165) is 28.5 Å². The van der Waals surface area contributed by atoms with Gasteiger partial charge in [0, 0.05) is 10.7 Å². The molecule has 4 rings (SSSR count). The van der Waals surface area contributed by atoms with Crippen molar-refractivity contribution in [2.45, 2.75) is 12.1 Å². The second-order valence-corrected chi connectivity index (χ2v) is 7.19. The average Bonchev–Trinajstić information content (AvgIpc) is 3.20. The molecule has 150 valence electrons. The third-order valence-corrected chi connectivity index (χ3v) is 5.20. The Morgan fingerprint density at radius 3 is 2.34 bits per heavy atom. The SMILES string of the molecule is COc1cccc([C@H]2[C@H](CO)OCN2c2ccc(Oc3ccc(Cl)cc3)cc2)c1. The number of aliphatic hydroxyl groups excluding tert-OH is 1. The predicted octanol–water partition coefficient (Wildman–Crippen LogP) is 5.04. The van der Waals surface area contributed by atoms with Gasteiger partial charge in [-0.25, -0.2) is 0 Å². The summed E-state index contributed by atoms with van der Waals surface area (Å²) in [6.45, 7) is 0.334. The van der Waals surface area contributed by atoms with Gasteiger partial charge in [0.2, 0.25) is 0 Å². The number of halogens is 1. The molecule has 1 N–H and O–H groups in total. The topological polar surface area (TPSA) is 51.2 Å². The van der Waals surface area contributed by atoms with E-state index >= 15 is 0 Å². The molecular formula is C23H22ClNO4. The molecule has 1 aliphatic rings. The summed E-state index contributed by atoms with van der Waals surface area (Å²) in [5.41, 5.74) is 2.01. The fourth-order valence-corrected chi connectivity index (χ4v) is 3.63. The summed E-state index contributed by atoms with van der Waals surface area (Å²) in [7, 11) is 1.64. The highest BCUT2D eigenvalue weighted by molar-refractivity contribution is 6.30. The van der Waals surface area contributed by atoms with Gasteiger partial charge in [0.15, 0.2) is 0 Å². The molecule has 1 saturated heterocycles. The molecule has 2 atom stereocenters. The number of ether oxygens (including phenoxy) is 3. The summed E-state index contributed by atoms with van der Waals surface area (Å²) in [5.74, 6) is 2.23. The first-order chi connectivity index (χ1) is 14.2. The molecule has 0 unspecified atom stereocenters. The quantitative estimate of drug-likeness (QED) is 0.616. The van der Waals surface area contributed by atoms with Gasteiger partial charge in [-0.3, -0.25) is 0 Å². The van der Waals surface area contributed by atoms with E-state index in [-0.39, 0.29) is 18.8 Å². The molecule has 3 aromatic rings. The van der Waals surface area contributed by atoms with Crippen LogP contribution in [-0.4, -0.2) is 31.7 Å². The van der Waals surface area contributed by atoms with Crippen molar-refractivity contribution in [3.63, 3.8) is 0 Å². The van der Waals surface area contributed by atoms with Crippen LogP contribution < -0.4 is 14.4 Å². The minimum atomic E-state index is -0.313.